The number of ether oxygens (including phenoxy) is 3. The predicted octanol–water partition coefficient (Wildman–Crippen LogP) is 16.9. The van der Waals surface area contributed by atoms with Crippen molar-refractivity contribution in [3.8, 4) is 0 Å². The molecule has 0 aliphatic carbocycles. The van der Waals surface area contributed by atoms with E-state index in [1.165, 1.54) is 141 Å². The summed E-state index contributed by atoms with van der Waals surface area (Å²) in [6, 6.07) is -1.03. The molecule has 1 fully saturated rings. The molecule has 1 rings (SSSR count). The van der Waals surface area contributed by atoms with Crippen LogP contribution in [0.5, 0.6) is 0 Å². The molecule has 1 amide bonds. The lowest BCUT2D eigenvalue weighted by Gasteiger charge is -2.41. The summed E-state index contributed by atoms with van der Waals surface area (Å²) in [7, 11) is 0. The van der Waals surface area contributed by atoms with Crippen LogP contribution in [0.2, 0.25) is 0 Å². The number of aliphatic hydroxyl groups excluding tert-OH is 5. The maximum absolute atomic E-state index is 13.5. The number of rotatable bonds is 57. The van der Waals surface area contributed by atoms with E-state index in [0.717, 1.165) is 103 Å². The second-order valence-corrected chi connectivity index (χ2v) is 23.2. The molecule has 0 aromatic carbocycles. The Morgan fingerprint density at radius 3 is 1.32 bits per heavy atom. The summed E-state index contributed by atoms with van der Waals surface area (Å²) in [6.07, 6.45) is 66.2. The average Bonchev–Trinajstić information content (AvgIpc) is 3.44. The highest BCUT2D eigenvalue weighted by atomic mass is 16.7. The number of carbonyl (C=O) groups is 2. The van der Waals surface area contributed by atoms with Crippen LogP contribution in [0.3, 0.4) is 0 Å². The van der Waals surface area contributed by atoms with Crippen molar-refractivity contribution in [2.45, 2.75) is 339 Å². The summed E-state index contributed by atoms with van der Waals surface area (Å²) in [5.41, 5.74) is 0. The van der Waals surface area contributed by atoms with Gasteiger partial charge in [-0.2, -0.15) is 0 Å². The molecule has 0 aromatic heterocycles. The van der Waals surface area contributed by atoms with E-state index in [9.17, 15) is 35.1 Å². The highest BCUT2D eigenvalue weighted by Gasteiger charge is 2.47. The molecule has 82 heavy (non-hydrogen) atoms. The number of hydrogen-bond donors (Lipinski definition) is 6. The van der Waals surface area contributed by atoms with Gasteiger partial charge >= 0.3 is 5.97 Å². The van der Waals surface area contributed by atoms with Crippen LogP contribution in [0.1, 0.15) is 290 Å². The second kappa shape index (κ2) is 58.2. The third kappa shape index (κ3) is 45.2. The number of nitrogens with one attached hydrogen (secondary N) is 1. The molecule has 1 saturated heterocycles. The lowest BCUT2D eigenvalue weighted by molar-refractivity contribution is -0.305. The van der Waals surface area contributed by atoms with E-state index in [2.05, 4.69) is 99.0 Å². The van der Waals surface area contributed by atoms with Crippen molar-refractivity contribution in [1.29, 1.82) is 0 Å². The number of esters is 1. The first-order valence-electron chi connectivity index (χ1n) is 33.9. The van der Waals surface area contributed by atoms with Crippen LogP contribution >= 0.6 is 0 Å². The Hall–Kier alpha value is -3.16. The normalized spacial score (nSPS) is 19.1. The van der Waals surface area contributed by atoms with Gasteiger partial charge in [-0.05, 0) is 77.0 Å². The molecule has 0 radical (unpaired) electrons. The Bertz CT molecular complexity index is 1660. The first-order valence-corrected chi connectivity index (χ1v) is 33.9. The number of aliphatic hydroxyl groups is 5. The minimum absolute atomic E-state index is 0.0912. The van der Waals surface area contributed by atoms with Gasteiger partial charge in [0.2, 0.25) is 5.91 Å². The average molecular weight is 1150 g/mol. The maximum atomic E-state index is 13.5. The molecule has 0 aromatic rings. The molecule has 1 heterocycles. The van der Waals surface area contributed by atoms with Gasteiger partial charge in [0.1, 0.15) is 24.4 Å². The molecule has 1 aliphatic rings. The van der Waals surface area contributed by atoms with Crippen LogP contribution in [0.4, 0.5) is 0 Å². The van der Waals surface area contributed by atoms with Crippen molar-refractivity contribution in [3.05, 3.63) is 85.1 Å². The maximum Gasteiger partial charge on any atom is 0.306 e. The lowest BCUT2D eigenvalue weighted by Crippen LogP contribution is -2.61. The molecule has 0 spiro atoms. The van der Waals surface area contributed by atoms with E-state index >= 15 is 0 Å². The standard InChI is InChI=1S/C71H125NO10/c1-4-7-10-13-16-19-22-25-27-29-31-32-33-34-35-37-39-41-44-47-50-53-56-59-66(76)82-69-68(78)67(77)65(60-73)81-71(69)80-61-62(63(74)57-54-51-48-45-42-24-21-18-15-12-9-6-3)72-70(79)64(75)58-55-52-49-46-43-40-38-36-30-28-26-23-20-17-14-11-8-5-2/h7,10,16,19,25,27,31-32,34-35,39,41,54,57,62-65,67-69,71,73-75,77-78H,4-6,8-9,11-15,17-18,20-24,26,28-30,33,36-38,40,42-53,55-56,58-61H2,1-3H3,(H,72,79)/b10-7-,19-16-,27-25-,32-31-,35-34-,41-39-,57-54+. The Kier molecular flexibility index (Phi) is 54.6. The molecule has 11 nitrogen and oxygen atoms in total. The fourth-order valence-corrected chi connectivity index (χ4v) is 10.2. The first kappa shape index (κ1) is 76.9. The van der Waals surface area contributed by atoms with E-state index < -0.39 is 67.4 Å². The van der Waals surface area contributed by atoms with Gasteiger partial charge in [0, 0.05) is 6.42 Å². The number of carbonyl (C=O) groups excluding carboxylic acids is 2. The van der Waals surface area contributed by atoms with Crippen molar-refractivity contribution in [2.24, 2.45) is 0 Å². The van der Waals surface area contributed by atoms with Gasteiger partial charge in [0.05, 0.1) is 25.4 Å². The van der Waals surface area contributed by atoms with E-state index in [0.29, 0.717) is 19.3 Å². The fraction of sp³-hybridized carbons (Fsp3) is 0.775. The molecular weight excluding hydrogens is 1030 g/mol. The van der Waals surface area contributed by atoms with Crippen molar-refractivity contribution in [2.75, 3.05) is 13.2 Å². The molecule has 8 unspecified atom stereocenters. The number of unbranched alkanes of at least 4 members (excludes halogenated alkanes) is 31. The minimum Gasteiger partial charge on any atom is -0.454 e. The van der Waals surface area contributed by atoms with Gasteiger partial charge in [-0.25, -0.2) is 0 Å². The zero-order valence-electron chi connectivity index (χ0n) is 52.6. The monoisotopic (exact) mass is 1150 g/mol. The van der Waals surface area contributed by atoms with Gasteiger partial charge in [-0.1, -0.05) is 292 Å². The van der Waals surface area contributed by atoms with Gasteiger partial charge in [-0.15, -0.1) is 0 Å². The second-order valence-electron chi connectivity index (χ2n) is 23.2. The SMILES string of the molecule is CC/C=C\C/C=C\C/C=C\C/C=C\C/C=C\C/C=C\CCCCCCC(=O)OC1C(OCC(NC(=O)C(O)CCCCCCCCCCCCCCCCCCCC)C(O)/C=C/CCCCCCCCCCCC)OC(CO)C(O)C1O. The molecule has 8 atom stereocenters. The third-order valence-corrected chi connectivity index (χ3v) is 15.6. The summed E-state index contributed by atoms with van der Waals surface area (Å²) in [6.45, 7) is 5.69. The summed E-state index contributed by atoms with van der Waals surface area (Å²) in [5, 5.41) is 57.1. The molecule has 6 N–H and O–H groups in total. The summed E-state index contributed by atoms with van der Waals surface area (Å²) >= 11 is 0. The van der Waals surface area contributed by atoms with Crippen molar-refractivity contribution in [1.82, 2.24) is 5.32 Å². The predicted molar refractivity (Wildman–Crippen MR) is 342 cm³/mol. The van der Waals surface area contributed by atoms with Gasteiger partial charge < -0.3 is 45.1 Å². The number of amides is 1. The Balaban J connectivity index is 2.64. The highest BCUT2D eigenvalue weighted by Crippen LogP contribution is 2.26. The Morgan fingerprint density at radius 2 is 0.878 bits per heavy atom. The third-order valence-electron chi connectivity index (χ3n) is 15.6. The van der Waals surface area contributed by atoms with Crippen LogP contribution in [0, 0.1) is 0 Å². The number of hydrogen-bond acceptors (Lipinski definition) is 10. The Labute approximate surface area is 502 Å². The smallest absolute Gasteiger partial charge is 0.306 e. The fourth-order valence-electron chi connectivity index (χ4n) is 10.2. The summed E-state index contributed by atoms with van der Waals surface area (Å²) < 4.78 is 17.6. The van der Waals surface area contributed by atoms with Crippen LogP contribution < -0.4 is 5.32 Å². The Morgan fingerprint density at radius 1 is 0.488 bits per heavy atom. The molecule has 0 saturated carbocycles. The van der Waals surface area contributed by atoms with Crippen molar-refractivity contribution < 1.29 is 49.3 Å². The lowest BCUT2D eigenvalue weighted by atomic mass is 9.99. The van der Waals surface area contributed by atoms with E-state index in [1.54, 1.807) is 6.08 Å². The van der Waals surface area contributed by atoms with Crippen LogP contribution in [0.15, 0.2) is 85.1 Å². The van der Waals surface area contributed by atoms with Crippen LogP contribution in [0.25, 0.3) is 0 Å². The van der Waals surface area contributed by atoms with Crippen molar-refractivity contribution in [3.63, 3.8) is 0 Å². The quantitative estimate of drug-likeness (QED) is 0.0195. The van der Waals surface area contributed by atoms with E-state index in [1.807, 2.05) is 6.08 Å². The van der Waals surface area contributed by atoms with Gasteiger partial charge in [0.25, 0.3) is 0 Å². The molecule has 474 valence electrons. The first-order chi connectivity index (χ1) is 40.2. The molecule has 11 heteroatoms. The van der Waals surface area contributed by atoms with Gasteiger partial charge in [0.15, 0.2) is 12.4 Å². The largest absolute Gasteiger partial charge is 0.454 e. The highest BCUT2D eigenvalue weighted by molar-refractivity contribution is 5.80. The van der Waals surface area contributed by atoms with Crippen LogP contribution in [-0.2, 0) is 23.8 Å². The zero-order valence-corrected chi connectivity index (χ0v) is 52.6. The molecule has 1 aliphatic heterocycles. The van der Waals surface area contributed by atoms with Crippen molar-refractivity contribution >= 4 is 11.9 Å². The van der Waals surface area contributed by atoms with Gasteiger partial charge in [-0.3, -0.25) is 9.59 Å². The topological polar surface area (TPSA) is 175 Å². The number of allylic oxidation sites excluding steroid dienone is 13. The minimum atomic E-state index is -1.63. The van der Waals surface area contributed by atoms with E-state index in [4.69, 9.17) is 14.2 Å². The van der Waals surface area contributed by atoms with E-state index in [-0.39, 0.29) is 13.0 Å². The summed E-state index contributed by atoms with van der Waals surface area (Å²) in [4.78, 5) is 26.6. The zero-order chi connectivity index (χ0) is 59.6. The van der Waals surface area contributed by atoms with Crippen LogP contribution in [-0.4, -0.2) is 99.6 Å². The summed E-state index contributed by atoms with van der Waals surface area (Å²) in [5.74, 6) is -1.22. The molecular formula is C71H125NO10. The molecule has 0 bridgehead atoms.